The van der Waals surface area contributed by atoms with Gasteiger partial charge in [0.1, 0.15) is 11.5 Å². The van der Waals surface area contributed by atoms with Gasteiger partial charge in [0.25, 0.3) is 0 Å². The topological polar surface area (TPSA) is 50.8 Å². The highest BCUT2D eigenvalue weighted by Crippen LogP contribution is 2.21. The highest BCUT2D eigenvalue weighted by Gasteiger charge is 2.18. The van der Waals surface area contributed by atoms with Gasteiger partial charge in [-0.05, 0) is 17.7 Å². The lowest BCUT2D eigenvalue weighted by Crippen LogP contribution is -2.40. The number of halogens is 1. The fraction of sp³-hybridized carbons (Fsp3) is 0.375. The highest BCUT2D eigenvalue weighted by molar-refractivity contribution is 9.10. The zero-order chi connectivity index (χ0) is 16.7. The van der Waals surface area contributed by atoms with Crippen molar-refractivity contribution in [3.63, 3.8) is 0 Å². The Morgan fingerprint density at radius 2 is 2.04 bits per heavy atom. The van der Waals surface area contributed by atoms with Crippen molar-refractivity contribution in [1.82, 2.24) is 10.2 Å². The predicted molar refractivity (Wildman–Crippen MR) is 97.1 cm³/mol. The molecule has 1 aliphatic rings. The average Bonchev–Trinajstić information content (AvgIpc) is 2.60. The molecule has 5 nitrogen and oxygen atoms in total. The van der Waals surface area contributed by atoms with Crippen LogP contribution in [0.4, 0.5) is 0 Å². The SMILES string of the molecule is COC(=O)CN/C=C(/C(=S)N1CCOCC1)c1ccc(Br)cc1. The summed E-state index contributed by atoms with van der Waals surface area (Å²) in [5.74, 6) is -0.325. The normalized spacial score (nSPS) is 15.2. The molecule has 124 valence electrons. The van der Waals surface area contributed by atoms with Crippen molar-refractivity contribution in [2.24, 2.45) is 0 Å². The zero-order valence-corrected chi connectivity index (χ0v) is 15.3. The summed E-state index contributed by atoms with van der Waals surface area (Å²) in [5, 5.41) is 2.98. The van der Waals surface area contributed by atoms with E-state index in [0.717, 1.165) is 33.7 Å². The van der Waals surface area contributed by atoms with E-state index in [0.29, 0.717) is 13.2 Å². The molecule has 1 fully saturated rings. The van der Waals surface area contributed by atoms with Crippen molar-refractivity contribution < 1.29 is 14.3 Å². The van der Waals surface area contributed by atoms with Gasteiger partial charge in [-0.2, -0.15) is 0 Å². The van der Waals surface area contributed by atoms with Crippen LogP contribution in [0.25, 0.3) is 5.57 Å². The summed E-state index contributed by atoms with van der Waals surface area (Å²) in [6, 6.07) is 7.90. The summed E-state index contributed by atoms with van der Waals surface area (Å²) in [5.41, 5.74) is 1.86. The smallest absolute Gasteiger partial charge is 0.325 e. The van der Waals surface area contributed by atoms with E-state index in [1.165, 1.54) is 7.11 Å². The quantitative estimate of drug-likeness (QED) is 0.466. The van der Waals surface area contributed by atoms with Gasteiger partial charge in [0.05, 0.1) is 20.3 Å². The van der Waals surface area contributed by atoms with Crippen LogP contribution in [0, 0.1) is 0 Å². The van der Waals surface area contributed by atoms with Crippen LogP contribution in [0.5, 0.6) is 0 Å². The van der Waals surface area contributed by atoms with Crippen molar-refractivity contribution >= 4 is 44.7 Å². The minimum absolute atomic E-state index is 0.0995. The van der Waals surface area contributed by atoms with Crippen LogP contribution in [0.3, 0.4) is 0 Å². The van der Waals surface area contributed by atoms with Gasteiger partial charge >= 0.3 is 5.97 Å². The molecule has 0 aromatic heterocycles. The van der Waals surface area contributed by atoms with Crippen molar-refractivity contribution in [2.45, 2.75) is 0 Å². The van der Waals surface area contributed by atoms with Crippen molar-refractivity contribution in [3.8, 4) is 0 Å². The number of thiocarbonyl (C=S) groups is 1. The molecule has 0 unspecified atom stereocenters. The maximum absolute atomic E-state index is 11.3. The number of rotatable bonds is 5. The number of esters is 1. The third-order valence-electron chi connectivity index (χ3n) is 3.40. The number of benzene rings is 1. The van der Waals surface area contributed by atoms with E-state index in [1.54, 1.807) is 6.20 Å². The van der Waals surface area contributed by atoms with E-state index >= 15 is 0 Å². The fourth-order valence-corrected chi connectivity index (χ4v) is 2.77. The van der Waals surface area contributed by atoms with Gasteiger partial charge in [-0.3, -0.25) is 4.79 Å². The Labute approximate surface area is 149 Å². The van der Waals surface area contributed by atoms with E-state index in [2.05, 4.69) is 30.9 Å². The van der Waals surface area contributed by atoms with E-state index in [9.17, 15) is 4.79 Å². The molecule has 23 heavy (non-hydrogen) atoms. The third-order valence-corrected chi connectivity index (χ3v) is 4.41. The number of carbonyl (C=O) groups is 1. The van der Waals surface area contributed by atoms with Gasteiger partial charge in [0.2, 0.25) is 0 Å². The first-order chi connectivity index (χ1) is 11.1. The first kappa shape index (κ1) is 17.9. The maximum atomic E-state index is 11.3. The van der Waals surface area contributed by atoms with Gasteiger partial charge in [-0.1, -0.05) is 40.3 Å². The number of ether oxygens (including phenoxy) is 2. The Hall–Kier alpha value is -1.44. The van der Waals surface area contributed by atoms with E-state index in [4.69, 9.17) is 17.0 Å². The molecule has 0 bridgehead atoms. The second-order valence-corrected chi connectivity index (χ2v) is 6.23. The maximum Gasteiger partial charge on any atom is 0.325 e. The van der Waals surface area contributed by atoms with Gasteiger partial charge in [0, 0.05) is 29.3 Å². The van der Waals surface area contributed by atoms with Crippen LogP contribution < -0.4 is 5.32 Å². The molecule has 0 amide bonds. The molecule has 0 spiro atoms. The monoisotopic (exact) mass is 398 g/mol. The lowest BCUT2D eigenvalue weighted by atomic mass is 10.1. The number of hydrogen-bond donors (Lipinski definition) is 1. The lowest BCUT2D eigenvalue weighted by molar-refractivity contribution is -0.139. The van der Waals surface area contributed by atoms with Crippen LogP contribution in [0.2, 0.25) is 0 Å². The van der Waals surface area contributed by atoms with Crippen LogP contribution in [-0.4, -0.2) is 55.8 Å². The summed E-state index contributed by atoms with van der Waals surface area (Å²) in [7, 11) is 1.36. The number of hydrogen-bond acceptors (Lipinski definition) is 5. The second-order valence-electron chi connectivity index (χ2n) is 4.93. The third kappa shape index (κ3) is 5.30. The number of carbonyl (C=O) groups excluding carboxylic acids is 1. The Balaban J connectivity index is 2.19. The first-order valence-corrected chi connectivity index (χ1v) is 8.45. The van der Waals surface area contributed by atoms with Crippen molar-refractivity contribution in [2.75, 3.05) is 40.0 Å². The summed E-state index contributed by atoms with van der Waals surface area (Å²) in [4.78, 5) is 14.1. The van der Waals surface area contributed by atoms with Crippen LogP contribution in [0.15, 0.2) is 34.9 Å². The van der Waals surface area contributed by atoms with Crippen LogP contribution in [0.1, 0.15) is 5.56 Å². The molecule has 1 heterocycles. The molecular weight excluding hydrogens is 380 g/mol. The molecule has 1 aromatic rings. The number of nitrogens with zero attached hydrogens (tertiary/aromatic N) is 1. The molecule has 0 saturated carbocycles. The molecule has 1 N–H and O–H groups in total. The Bertz CT molecular complexity index is 583. The molecule has 0 atom stereocenters. The molecule has 0 radical (unpaired) electrons. The number of morpholine rings is 1. The predicted octanol–water partition coefficient (Wildman–Crippen LogP) is 2.21. The molecule has 0 aliphatic carbocycles. The molecular formula is C16H19BrN2O3S. The molecule has 1 aliphatic heterocycles. The summed E-state index contributed by atoms with van der Waals surface area (Å²) in [6.07, 6.45) is 1.78. The Kier molecular flexibility index (Phi) is 7.01. The van der Waals surface area contributed by atoms with Gasteiger partial charge < -0.3 is 19.7 Å². The van der Waals surface area contributed by atoms with Crippen LogP contribution >= 0.6 is 28.1 Å². The number of nitrogens with one attached hydrogen (secondary N) is 1. The minimum Gasteiger partial charge on any atom is -0.468 e. The summed E-state index contributed by atoms with van der Waals surface area (Å²) >= 11 is 9.09. The van der Waals surface area contributed by atoms with E-state index in [1.807, 2.05) is 24.3 Å². The average molecular weight is 399 g/mol. The molecule has 2 rings (SSSR count). The molecule has 1 aromatic carbocycles. The van der Waals surface area contributed by atoms with Gasteiger partial charge in [-0.15, -0.1) is 0 Å². The van der Waals surface area contributed by atoms with Crippen LogP contribution in [-0.2, 0) is 14.3 Å². The molecule has 1 saturated heterocycles. The summed E-state index contributed by atoms with van der Waals surface area (Å²) < 4.78 is 11.0. The number of methoxy groups -OCH3 is 1. The molecule has 7 heteroatoms. The summed E-state index contributed by atoms with van der Waals surface area (Å²) in [6.45, 7) is 2.97. The lowest BCUT2D eigenvalue weighted by Gasteiger charge is -2.30. The Morgan fingerprint density at radius 3 is 2.65 bits per heavy atom. The zero-order valence-electron chi connectivity index (χ0n) is 12.9. The fourth-order valence-electron chi connectivity index (χ4n) is 2.14. The Morgan fingerprint density at radius 1 is 1.39 bits per heavy atom. The second kappa shape index (κ2) is 9.00. The van der Waals surface area contributed by atoms with Gasteiger partial charge in [-0.25, -0.2) is 0 Å². The van der Waals surface area contributed by atoms with E-state index in [-0.39, 0.29) is 12.5 Å². The van der Waals surface area contributed by atoms with Crippen molar-refractivity contribution in [1.29, 1.82) is 0 Å². The minimum atomic E-state index is -0.325. The standard InChI is InChI=1S/C16H19BrN2O3S/c1-21-15(20)11-18-10-14(12-2-4-13(17)5-3-12)16(23)19-6-8-22-9-7-19/h2-5,10,18H,6-9,11H2,1H3/b14-10+. The van der Waals surface area contributed by atoms with E-state index < -0.39 is 0 Å². The highest BCUT2D eigenvalue weighted by atomic mass is 79.9. The first-order valence-electron chi connectivity index (χ1n) is 7.25. The largest absolute Gasteiger partial charge is 0.468 e. The van der Waals surface area contributed by atoms with Gasteiger partial charge in [0.15, 0.2) is 0 Å². The van der Waals surface area contributed by atoms with Crippen molar-refractivity contribution in [3.05, 3.63) is 40.5 Å².